The van der Waals surface area contributed by atoms with Gasteiger partial charge in [0.1, 0.15) is 0 Å². The Morgan fingerprint density at radius 1 is 1.54 bits per heavy atom. The molecule has 1 atom stereocenters. The molecule has 13 heavy (non-hydrogen) atoms. The predicted octanol–water partition coefficient (Wildman–Crippen LogP) is 1.66. The molecule has 3 heteroatoms. The molecule has 0 amide bonds. The van der Waals surface area contributed by atoms with Gasteiger partial charge in [0.25, 0.3) is 0 Å². The topological polar surface area (TPSA) is 12.5 Å². The molecule has 0 bridgehead atoms. The minimum atomic E-state index is 0.516. The van der Waals surface area contributed by atoms with Crippen LogP contribution in [0, 0.1) is 5.41 Å². The van der Waals surface area contributed by atoms with Crippen LogP contribution >= 0.6 is 12.6 Å². The fourth-order valence-corrected chi connectivity index (χ4v) is 2.01. The summed E-state index contributed by atoms with van der Waals surface area (Å²) in [5.74, 6) is 1.02. The average Bonchev–Trinajstić information content (AvgIpc) is 2.86. The zero-order valence-corrected chi connectivity index (χ0v) is 9.81. The van der Waals surface area contributed by atoms with Crippen LogP contribution in [-0.2, 0) is 4.74 Å². The molecule has 0 aromatic heterocycles. The van der Waals surface area contributed by atoms with Crippen molar-refractivity contribution in [3.63, 3.8) is 0 Å². The SMILES string of the molecule is COCC(C)N(C)CC1(CS)CC1. The van der Waals surface area contributed by atoms with Gasteiger partial charge in [0, 0.05) is 19.7 Å². The average molecular weight is 203 g/mol. The molecular formula is C10H21NOS. The summed E-state index contributed by atoms with van der Waals surface area (Å²) < 4.78 is 5.13. The van der Waals surface area contributed by atoms with Gasteiger partial charge < -0.3 is 9.64 Å². The highest BCUT2D eigenvalue weighted by Crippen LogP contribution is 2.47. The summed E-state index contributed by atoms with van der Waals surface area (Å²) in [5, 5.41) is 0. The Hall–Kier alpha value is 0.270. The standard InChI is InChI=1S/C10H21NOS/c1-9(6-12-3)11(2)7-10(8-13)4-5-10/h9,13H,4-8H2,1-3H3. The van der Waals surface area contributed by atoms with Gasteiger partial charge in [-0.2, -0.15) is 12.6 Å². The lowest BCUT2D eigenvalue weighted by molar-refractivity contribution is 0.105. The second-order valence-electron chi connectivity index (χ2n) is 4.38. The van der Waals surface area contributed by atoms with E-state index in [2.05, 4.69) is 31.5 Å². The first kappa shape index (κ1) is 11.3. The van der Waals surface area contributed by atoms with Crippen molar-refractivity contribution >= 4 is 12.6 Å². The maximum atomic E-state index is 5.13. The molecule has 2 nitrogen and oxygen atoms in total. The van der Waals surface area contributed by atoms with Crippen LogP contribution in [0.4, 0.5) is 0 Å². The minimum absolute atomic E-state index is 0.516. The van der Waals surface area contributed by atoms with Crippen molar-refractivity contribution in [3.8, 4) is 0 Å². The number of ether oxygens (including phenoxy) is 1. The highest BCUT2D eigenvalue weighted by molar-refractivity contribution is 7.80. The number of thiol groups is 1. The number of hydrogen-bond acceptors (Lipinski definition) is 3. The highest BCUT2D eigenvalue weighted by Gasteiger charge is 2.42. The summed E-state index contributed by atoms with van der Waals surface area (Å²) in [7, 11) is 3.93. The third-order valence-corrected chi connectivity index (χ3v) is 3.71. The molecule has 0 radical (unpaired) electrons. The van der Waals surface area contributed by atoms with E-state index in [1.165, 1.54) is 19.4 Å². The smallest absolute Gasteiger partial charge is 0.0615 e. The predicted molar refractivity (Wildman–Crippen MR) is 59.5 cm³/mol. The van der Waals surface area contributed by atoms with E-state index in [9.17, 15) is 0 Å². The van der Waals surface area contributed by atoms with Crippen LogP contribution in [-0.4, -0.2) is 44.0 Å². The largest absolute Gasteiger partial charge is 0.383 e. The molecule has 1 fully saturated rings. The van der Waals surface area contributed by atoms with Crippen molar-refractivity contribution in [2.45, 2.75) is 25.8 Å². The van der Waals surface area contributed by atoms with Gasteiger partial charge in [0.2, 0.25) is 0 Å². The lowest BCUT2D eigenvalue weighted by atomic mass is 10.1. The molecule has 1 aliphatic rings. The van der Waals surface area contributed by atoms with E-state index < -0.39 is 0 Å². The van der Waals surface area contributed by atoms with Crippen LogP contribution in [0.2, 0.25) is 0 Å². The van der Waals surface area contributed by atoms with Gasteiger partial charge in [-0.25, -0.2) is 0 Å². The number of methoxy groups -OCH3 is 1. The maximum absolute atomic E-state index is 5.13. The molecule has 0 saturated heterocycles. The third-order valence-electron chi connectivity index (χ3n) is 3.04. The van der Waals surface area contributed by atoms with E-state index in [1.54, 1.807) is 7.11 Å². The molecule has 0 spiro atoms. The molecular weight excluding hydrogens is 182 g/mol. The molecule has 1 saturated carbocycles. The second kappa shape index (κ2) is 4.67. The first-order chi connectivity index (χ1) is 6.13. The van der Waals surface area contributed by atoms with Gasteiger partial charge >= 0.3 is 0 Å². The quantitative estimate of drug-likeness (QED) is 0.659. The van der Waals surface area contributed by atoms with Gasteiger partial charge in [0.15, 0.2) is 0 Å². The molecule has 1 rings (SSSR count). The lowest BCUT2D eigenvalue weighted by Gasteiger charge is -2.27. The van der Waals surface area contributed by atoms with Crippen molar-refractivity contribution in [1.29, 1.82) is 0 Å². The minimum Gasteiger partial charge on any atom is -0.383 e. The van der Waals surface area contributed by atoms with Crippen molar-refractivity contribution in [2.24, 2.45) is 5.41 Å². The van der Waals surface area contributed by atoms with Crippen LogP contribution < -0.4 is 0 Å². The van der Waals surface area contributed by atoms with Crippen LogP contribution in [0.3, 0.4) is 0 Å². The van der Waals surface area contributed by atoms with E-state index in [4.69, 9.17) is 4.74 Å². The summed E-state index contributed by atoms with van der Waals surface area (Å²) in [6.45, 7) is 4.19. The van der Waals surface area contributed by atoms with Gasteiger partial charge in [-0.1, -0.05) is 0 Å². The molecule has 0 N–H and O–H groups in total. The first-order valence-electron chi connectivity index (χ1n) is 4.93. The fraction of sp³-hybridized carbons (Fsp3) is 1.00. The Balaban J connectivity index is 2.27. The van der Waals surface area contributed by atoms with E-state index in [0.717, 1.165) is 12.4 Å². The normalized spacial score (nSPS) is 21.9. The lowest BCUT2D eigenvalue weighted by Crippen LogP contribution is -2.37. The number of nitrogens with zero attached hydrogens (tertiary/aromatic N) is 1. The maximum Gasteiger partial charge on any atom is 0.0615 e. The van der Waals surface area contributed by atoms with Crippen molar-refractivity contribution in [3.05, 3.63) is 0 Å². The zero-order valence-electron chi connectivity index (χ0n) is 8.92. The fourth-order valence-electron chi connectivity index (χ4n) is 1.60. The zero-order chi connectivity index (χ0) is 9.90. The molecule has 0 aromatic rings. The summed E-state index contributed by atoms with van der Waals surface area (Å²) in [4.78, 5) is 2.38. The Kier molecular flexibility index (Phi) is 4.07. The van der Waals surface area contributed by atoms with E-state index in [-0.39, 0.29) is 0 Å². The molecule has 0 aromatic carbocycles. The summed E-state index contributed by atoms with van der Waals surface area (Å²) in [6, 6.07) is 0.516. The van der Waals surface area contributed by atoms with Crippen LogP contribution in [0.5, 0.6) is 0 Å². The number of likely N-dealkylation sites (N-methyl/N-ethyl adjacent to an activating group) is 1. The number of hydrogen-bond donors (Lipinski definition) is 1. The highest BCUT2D eigenvalue weighted by atomic mass is 32.1. The van der Waals surface area contributed by atoms with Crippen molar-refractivity contribution < 1.29 is 4.74 Å². The van der Waals surface area contributed by atoms with E-state index in [1.807, 2.05) is 0 Å². The first-order valence-corrected chi connectivity index (χ1v) is 5.57. The van der Waals surface area contributed by atoms with Crippen LogP contribution in [0.1, 0.15) is 19.8 Å². The second-order valence-corrected chi connectivity index (χ2v) is 4.69. The molecule has 1 unspecified atom stereocenters. The van der Waals surface area contributed by atoms with Crippen molar-refractivity contribution in [2.75, 3.05) is 33.1 Å². The summed E-state index contributed by atoms with van der Waals surface area (Å²) in [6.07, 6.45) is 2.70. The monoisotopic (exact) mass is 203 g/mol. The molecule has 0 aliphatic heterocycles. The number of rotatable bonds is 6. The molecule has 78 valence electrons. The van der Waals surface area contributed by atoms with Gasteiger partial charge in [-0.3, -0.25) is 0 Å². The Morgan fingerprint density at radius 2 is 2.15 bits per heavy atom. The van der Waals surface area contributed by atoms with Gasteiger partial charge in [-0.15, -0.1) is 0 Å². The van der Waals surface area contributed by atoms with E-state index in [0.29, 0.717) is 11.5 Å². The van der Waals surface area contributed by atoms with Gasteiger partial charge in [0.05, 0.1) is 6.61 Å². The summed E-state index contributed by atoms with van der Waals surface area (Å²) >= 11 is 4.40. The van der Waals surface area contributed by atoms with Crippen LogP contribution in [0.15, 0.2) is 0 Å². The molecule has 1 aliphatic carbocycles. The Labute approximate surface area is 87.0 Å². The molecule has 0 heterocycles. The Bertz CT molecular complexity index is 159. The van der Waals surface area contributed by atoms with E-state index >= 15 is 0 Å². The van der Waals surface area contributed by atoms with Gasteiger partial charge in [-0.05, 0) is 38.0 Å². The van der Waals surface area contributed by atoms with Crippen LogP contribution in [0.25, 0.3) is 0 Å². The Morgan fingerprint density at radius 3 is 2.54 bits per heavy atom. The third kappa shape index (κ3) is 3.15. The van der Waals surface area contributed by atoms with Crippen molar-refractivity contribution in [1.82, 2.24) is 4.90 Å². The summed E-state index contributed by atoms with van der Waals surface area (Å²) in [5.41, 5.74) is 0.528.